The van der Waals surface area contributed by atoms with Crippen molar-refractivity contribution in [2.75, 3.05) is 25.5 Å². The summed E-state index contributed by atoms with van der Waals surface area (Å²) in [6, 6.07) is 9.05. The maximum absolute atomic E-state index is 11.6. The van der Waals surface area contributed by atoms with Crippen LogP contribution in [0.3, 0.4) is 0 Å². The van der Waals surface area contributed by atoms with Crippen LogP contribution in [-0.4, -0.2) is 49.0 Å². The van der Waals surface area contributed by atoms with Gasteiger partial charge in [-0.1, -0.05) is 19.1 Å². The lowest BCUT2D eigenvalue weighted by Crippen LogP contribution is -2.49. The lowest BCUT2D eigenvalue weighted by molar-refractivity contribution is -0.116. The highest BCUT2D eigenvalue weighted by Gasteiger charge is 2.21. The number of hydrogen-bond acceptors (Lipinski definition) is 3. The largest absolute Gasteiger partial charge is 0.354 e. The van der Waals surface area contributed by atoms with E-state index in [9.17, 15) is 4.79 Å². The molecular weight excluding hydrogens is 338 g/mol. The molecule has 0 radical (unpaired) electrons. The Kier molecular flexibility index (Phi) is 8.58. The number of nitrogens with zero attached hydrogens (tertiary/aromatic N) is 2. The number of nitrogens with one attached hydrogen (secondary N) is 3. The Morgan fingerprint density at radius 2 is 1.89 bits per heavy atom. The van der Waals surface area contributed by atoms with Gasteiger partial charge in [0.1, 0.15) is 0 Å². The first-order valence-corrected chi connectivity index (χ1v) is 10.1. The van der Waals surface area contributed by atoms with Crippen molar-refractivity contribution in [1.29, 1.82) is 0 Å². The van der Waals surface area contributed by atoms with E-state index in [0.29, 0.717) is 25.0 Å². The standard InChI is InChI=1S/C21H35N5O/c1-5-6-20(27)24-18-9-7-17(8-10-18)15-23-21(22-4)25-19-11-13-26(14-12-19)16(2)3/h7-10,16,19H,5-6,11-15H2,1-4H3,(H,24,27)(H2,22,23,25). The van der Waals surface area contributed by atoms with Crippen LogP contribution >= 0.6 is 0 Å². The summed E-state index contributed by atoms with van der Waals surface area (Å²) >= 11 is 0. The van der Waals surface area contributed by atoms with E-state index in [4.69, 9.17) is 0 Å². The first kappa shape index (κ1) is 21.2. The van der Waals surface area contributed by atoms with Gasteiger partial charge in [-0.25, -0.2) is 0 Å². The van der Waals surface area contributed by atoms with Crippen molar-refractivity contribution >= 4 is 17.6 Å². The minimum Gasteiger partial charge on any atom is -0.354 e. The Morgan fingerprint density at radius 1 is 1.22 bits per heavy atom. The maximum atomic E-state index is 11.6. The van der Waals surface area contributed by atoms with Crippen molar-refractivity contribution in [3.05, 3.63) is 29.8 Å². The summed E-state index contributed by atoms with van der Waals surface area (Å²) in [6.45, 7) is 9.50. The molecule has 3 N–H and O–H groups in total. The molecule has 0 aromatic heterocycles. The van der Waals surface area contributed by atoms with Gasteiger partial charge in [0.25, 0.3) is 0 Å². The first-order chi connectivity index (χ1) is 13.0. The van der Waals surface area contributed by atoms with Gasteiger partial charge in [0.2, 0.25) is 5.91 Å². The number of piperidine rings is 1. The zero-order chi connectivity index (χ0) is 19.6. The molecular formula is C21H35N5O. The summed E-state index contributed by atoms with van der Waals surface area (Å²) in [5.41, 5.74) is 2.00. The average molecular weight is 374 g/mol. The number of benzene rings is 1. The number of guanidine groups is 1. The molecule has 0 bridgehead atoms. The van der Waals surface area contributed by atoms with Crippen LogP contribution in [0.4, 0.5) is 5.69 Å². The average Bonchev–Trinajstić information content (AvgIpc) is 2.66. The van der Waals surface area contributed by atoms with E-state index in [0.717, 1.165) is 49.6 Å². The summed E-state index contributed by atoms with van der Waals surface area (Å²) in [5.74, 6) is 0.912. The molecule has 6 nitrogen and oxygen atoms in total. The van der Waals surface area contributed by atoms with Crippen LogP contribution in [0.1, 0.15) is 52.0 Å². The lowest BCUT2D eigenvalue weighted by atomic mass is 10.0. The van der Waals surface area contributed by atoms with Crippen molar-refractivity contribution < 1.29 is 4.79 Å². The van der Waals surface area contributed by atoms with Gasteiger partial charge in [-0.05, 0) is 50.8 Å². The van der Waals surface area contributed by atoms with Gasteiger partial charge >= 0.3 is 0 Å². The van der Waals surface area contributed by atoms with Crippen LogP contribution in [0.5, 0.6) is 0 Å². The molecule has 1 fully saturated rings. The smallest absolute Gasteiger partial charge is 0.224 e. The SMILES string of the molecule is CCCC(=O)Nc1ccc(CNC(=NC)NC2CCN(C(C)C)CC2)cc1. The fourth-order valence-corrected chi connectivity index (χ4v) is 3.29. The van der Waals surface area contributed by atoms with Crippen LogP contribution in [0.2, 0.25) is 0 Å². The fourth-order valence-electron chi connectivity index (χ4n) is 3.29. The van der Waals surface area contributed by atoms with Gasteiger partial charge in [0, 0.05) is 50.9 Å². The molecule has 27 heavy (non-hydrogen) atoms. The summed E-state index contributed by atoms with van der Waals surface area (Å²) in [4.78, 5) is 18.5. The van der Waals surface area contributed by atoms with Crippen LogP contribution < -0.4 is 16.0 Å². The molecule has 1 aromatic rings. The molecule has 1 aliphatic rings. The van der Waals surface area contributed by atoms with Crippen molar-refractivity contribution in [1.82, 2.24) is 15.5 Å². The quantitative estimate of drug-likeness (QED) is 0.508. The summed E-state index contributed by atoms with van der Waals surface area (Å²) in [6.07, 6.45) is 3.70. The zero-order valence-electron chi connectivity index (χ0n) is 17.2. The Hall–Kier alpha value is -2.08. The van der Waals surface area contributed by atoms with E-state index >= 15 is 0 Å². The van der Waals surface area contributed by atoms with E-state index in [1.165, 1.54) is 0 Å². The highest BCUT2D eigenvalue weighted by molar-refractivity contribution is 5.90. The Balaban J connectivity index is 1.76. The third-order valence-electron chi connectivity index (χ3n) is 5.00. The van der Waals surface area contributed by atoms with E-state index < -0.39 is 0 Å². The topological polar surface area (TPSA) is 68.8 Å². The number of amides is 1. The predicted molar refractivity (Wildman–Crippen MR) is 113 cm³/mol. The molecule has 6 heteroatoms. The Morgan fingerprint density at radius 3 is 2.44 bits per heavy atom. The van der Waals surface area contributed by atoms with Gasteiger partial charge in [-0.15, -0.1) is 0 Å². The van der Waals surface area contributed by atoms with Crippen molar-refractivity contribution in [3.63, 3.8) is 0 Å². The molecule has 1 aromatic carbocycles. The van der Waals surface area contributed by atoms with Crippen molar-refractivity contribution in [2.24, 2.45) is 4.99 Å². The van der Waals surface area contributed by atoms with Gasteiger partial charge < -0.3 is 20.9 Å². The number of carbonyl (C=O) groups excluding carboxylic acids is 1. The van der Waals surface area contributed by atoms with Crippen LogP contribution in [0.15, 0.2) is 29.3 Å². The maximum Gasteiger partial charge on any atom is 0.224 e. The van der Waals surface area contributed by atoms with Crippen molar-refractivity contribution in [2.45, 2.75) is 65.1 Å². The van der Waals surface area contributed by atoms with E-state index in [2.05, 4.69) is 39.7 Å². The minimum atomic E-state index is 0.0662. The van der Waals surface area contributed by atoms with Gasteiger partial charge in [0.05, 0.1) is 0 Å². The zero-order valence-corrected chi connectivity index (χ0v) is 17.2. The van der Waals surface area contributed by atoms with Crippen LogP contribution in [0, 0.1) is 0 Å². The fraction of sp³-hybridized carbons (Fsp3) is 0.619. The number of carbonyl (C=O) groups is 1. The summed E-state index contributed by atoms with van der Waals surface area (Å²) < 4.78 is 0. The number of rotatable bonds is 7. The van der Waals surface area contributed by atoms with E-state index in [-0.39, 0.29) is 5.91 Å². The third-order valence-corrected chi connectivity index (χ3v) is 5.00. The molecule has 0 spiro atoms. The molecule has 0 aliphatic carbocycles. The second-order valence-electron chi connectivity index (χ2n) is 7.47. The monoisotopic (exact) mass is 373 g/mol. The molecule has 0 unspecified atom stereocenters. The van der Waals surface area contributed by atoms with Gasteiger partial charge in [0.15, 0.2) is 5.96 Å². The van der Waals surface area contributed by atoms with Gasteiger partial charge in [-0.2, -0.15) is 0 Å². The predicted octanol–water partition coefficient (Wildman–Crippen LogP) is 2.96. The number of anilines is 1. The summed E-state index contributed by atoms with van der Waals surface area (Å²) in [5, 5.41) is 9.84. The highest BCUT2D eigenvalue weighted by Crippen LogP contribution is 2.13. The van der Waals surface area contributed by atoms with E-state index in [1.807, 2.05) is 38.2 Å². The van der Waals surface area contributed by atoms with Gasteiger partial charge in [-0.3, -0.25) is 9.79 Å². The molecule has 1 saturated heterocycles. The Labute approximate surface area is 163 Å². The van der Waals surface area contributed by atoms with Crippen LogP contribution in [-0.2, 0) is 11.3 Å². The molecule has 2 rings (SSSR count). The second kappa shape index (κ2) is 10.9. The molecule has 1 heterocycles. The van der Waals surface area contributed by atoms with Crippen LogP contribution in [0.25, 0.3) is 0 Å². The second-order valence-corrected chi connectivity index (χ2v) is 7.47. The number of likely N-dealkylation sites (tertiary alicyclic amines) is 1. The Bertz CT molecular complexity index is 604. The van der Waals surface area contributed by atoms with Crippen molar-refractivity contribution in [3.8, 4) is 0 Å². The number of aliphatic imine (C=N–C) groups is 1. The highest BCUT2D eigenvalue weighted by atomic mass is 16.1. The molecule has 1 amide bonds. The molecule has 0 saturated carbocycles. The number of hydrogen-bond donors (Lipinski definition) is 3. The van der Waals surface area contributed by atoms with E-state index in [1.54, 1.807) is 0 Å². The molecule has 0 atom stereocenters. The normalized spacial score (nSPS) is 16.4. The lowest BCUT2D eigenvalue weighted by Gasteiger charge is -2.35. The third kappa shape index (κ3) is 7.21. The minimum absolute atomic E-state index is 0.0662. The molecule has 1 aliphatic heterocycles. The molecule has 150 valence electrons. The summed E-state index contributed by atoms with van der Waals surface area (Å²) in [7, 11) is 1.81. The first-order valence-electron chi connectivity index (χ1n) is 10.1.